The number of fused-ring (bicyclic) bond motifs is 2. The topological polar surface area (TPSA) is 174 Å². The molecular formula is C21H20O10. The summed E-state index contributed by atoms with van der Waals surface area (Å²) in [5.74, 6) is -2.53. The second kappa shape index (κ2) is 7.59. The minimum atomic E-state index is -1.77. The number of aromatic hydroxyl groups is 2. The highest BCUT2D eigenvalue weighted by molar-refractivity contribution is 6.30. The molecule has 2 aliphatic rings. The molecule has 2 aromatic carbocycles. The molecule has 1 heterocycles. The first-order valence-corrected chi connectivity index (χ1v) is 9.41. The van der Waals surface area contributed by atoms with Gasteiger partial charge in [0.25, 0.3) is 0 Å². The molecule has 31 heavy (non-hydrogen) atoms. The summed E-state index contributed by atoms with van der Waals surface area (Å²) in [5, 5.41) is 59.8. The van der Waals surface area contributed by atoms with Crippen LogP contribution in [0.4, 0.5) is 0 Å². The first-order valence-electron chi connectivity index (χ1n) is 9.41. The summed E-state index contributed by atoms with van der Waals surface area (Å²) in [7, 11) is 0. The number of carbonyl (C=O) groups excluding carboxylic acids is 2. The number of aliphatic hydroxyl groups excluding tert-OH is 4. The fourth-order valence-electron chi connectivity index (χ4n) is 3.85. The molecule has 0 spiro atoms. The van der Waals surface area contributed by atoms with Gasteiger partial charge in [-0.1, -0.05) is 0 Å². The first-order chi connectivity index (χ1) is 14.6. The number of hydrogen-bond acceptors (Lipinski definition) is 10. The lowest BCUT2D eigenvalue weighted by Crippen LogP contribution is -2.60. The Kier molecular flexibility index (Phi) is 5.20. The van der Waals surface area contributed by atoms with Crippen LogP contribution in [0.5, 0.6) is 17.2 Å². The van der Waals surface area contributed by atoms with Crippen molar-refractivity contribution >= 4 is 11.6 Å². The molecule has 6 N–H and O–H groups in total. The number of aryl methyl sites for hydroxylation is 1. The van der Waals surface area contributed by atoms with E-state index in [1.807, 2.05) is 0 Å². The van der Waals surface area contributed by atoms with Crippen LogP contribution in [-0.2, 0) is 4.74 Å². The van der Waals surface area contributed by atoms with Gasteiger partial charge < -0.3 is 40.1 Å². The number of aliphatic hydroxyl groups is 4. The summed E-state index contributed by atoms with van der Waals surface area (Å²) in [6, 6.07) is 4.87. The van der Waals surface area contributed by atoms with Crippen LogP contribution in [0, 0.1) is 6.92 Å². The van der Waals surface area contributed by atoms with E-state index in [0.717, 1.165) is 12.1 Å². The highest BCUT2D eigenvalue weighted by atomic mass is 16.7. The van der Waals surface area contributed by atoms with E-state index in [0.29, 0.717) is 5.56 Å². The summed E-state index contributed by atoms with van der Waals surface area (Å²) in [6.45, 7) is 0.949. The quantitative estimate of drug-likeness (QED) is 0.312. The van der Waals surface area contributed by atoms with E-state index in [9.17, 15) is 40.2 Å². The Morgan fingerprint density at radius 1 is 0.903 bits per heavy atom. The summed E-state index contributed by atoms with van der Waals surface area (Å²) in [6.07, 6.45) is -8.02. The van der Waals surface area contributed by atoms with Gasteiger partial charge in [-0.15, -0.1) is 0 Å². The van der Waals surface area contributed by atoms with E-state index >= 15 is 0 Å². The average molecular weight is 432 g/mol. The van der Waals surface area contributed by atoms with Gasteiger partial charge in [-0.05, 0) is 30.7 Å². The minimum absolute atomic E-state index is 0.0283. The van der Waals surface area contributed by atoms with E-state index < -0.39 is 60.4 Å². The molecule has 10 heteroatoms. The van der Waals surface area contributed by atoms with Crippen molar-refractivity contribution in [3.8, 4) is 17.2 Å². The van der Waals surface area contributed by atoms with E-state index in [4.69, 9.17) is 9.47 Å². The lowest BCUT2D eigenvalue weighted by molar-refractivity contribution is -0.277. The highest BCUT2D eigenvalue weighted by Gasteiger charge is 2.45. The highest BCUT2D eigenvalue weighted by Crippen LogP contribution is 2.40. The zero-order chi connectivity index (χ0) is 22.6. The maximum absolute atomic E-state index is 13.2. The zero-order valence-electron chi connectivity index (χ0n) is 16.2. The van der Waals surface area contributed by atoms with Crippen LogP contribution in [0.2, 0.25) is 0 Å². The van der Waals surface area contributed by atoms with Crippen LogP contribution in [0.15, 0.2) is 24.3 Å². The molecule has 0 radical (unpaired) electrons. The van der Waals surface area contributed by atoms with Gasteiger partial charge in [-0.2, -0.15) is 0 Å². The number of phenolic OH excluding ortho intramolecular Hbond substituents is 2. The molecule has 0 aromatic heterocycles. The van der Waals surface area contributed by atoms with Crippen molar-refractivity contribution in [2.75, 3.05) is 6.61 Å². The van der Waals surface area contributed by atoms with Crippen molar-refractivity contribution < 1.29 is 49.7 Å². The molecule has 0 unspecified atom stereocenters. The van der Waals surface area contributed by atoms with Gasteiger partial charge in [0.05, 0.1) is 17.7 Å². The van der Waals surface area contributed by atoms with Crippen molar-refractivity contribution in [3.05, 3.63) is 52.1 Å². The van der Waals surface area contributed by atoms with Crippen LogP contribution < -0.4 is 4.74 Å². The second-order valence-corrected chi connectivity index (χ2v) is 7.55. The molecule has 5 atom stereocenters. The molecule has 0 saturated carbocycles. The van der Waals surface area contributed by atoms with Crippen LogP contribution in [0.1, 0.15) is 37.4 Å². The normalized spacial score (nSPS) is 27.6. The SMILES string of the molecule is Cc1cc(O)c2c(c1)C(=O)c1cc(O)cc(O[C@@H]3O[C@H](CO)[C@@H](O)[C@H](O)[C@H]3O)c1C2=O. The monoisotopic (exact) mass is 432 g/mol. The van der Waals surface area contributed by atoms with Crippen molar-refractivity contribution in [2.45, 2.75) is 37.6 Å². The molecule has 1 aliphatic heterocycles. The van der Waals surface area contributed by atoms with Crippen molar-refractivity contribution in [1.29, 1.82) is 0 Å². The van der Waals surface area contributed by atoms with E-state index in [-0.39, 0.29) is 28.0 Å². The number of ether oxygens (including phenoxy) is 2. The first kappa shape index (κ1) is 21.2. The van der Waals surface area contributed by atoms with Crippen LogP contribution in [-0.4, -0.2) is 79.5 Å². The van der Waals surface area contributed by atoms with Crippen molar-refractivity contribution in [1.82, 2.24) is 0 Å². The lowest BCUT2D eigenvalue weighted by atomic mass is 9.82. The number of rotatable bonds is 3. The zero-order valence-corrected chi connectivity index (χ0v) is 16.2. The summed E-state index contributed by atoms with van der Waals surface area (Å²) in [4.78, 5) is 26.2. The predicted octanol–water partition coefficient (Wildman–Crippen LogP) is -0.640. The third-order valence-corrected chi connectivity index (χ3v) is 5.38. The molecule has 0 amide bonds. The van der Waals surface area contributed by atoms with Gasteiger partial charge in [-0.25, -0.2) is 0 Å². The van der Waals surface area contributed by atoms with Crippen molar-refractivity contribution in [3.63, 3.8) is 0 Å². The summed E-state index contributed by atoms with van der Waals surface area (Å²) in [5.41, 5.74) is -0.154. The molecule has 1 aliphatic carbocycles. The maximum atomic E-state index is 13.2. The molecule has 164 valence electrons. The number of carbonyl (C=O) groups is 2. The van der Waals surface area contributed by atoms with Gasteiger partial charge in [0.1, 0.15) is 41.7 Å². The number of phenols is 2. The Morgan fingerprint density at radius 3 is 2.26 bits per heavy atom. The Balaban J connectivity index is 1.79. The van der Waals surface area contributed by atoms with Crippen LogP contribution in [0.3, 0.4) is 0 Å². The Bertz CT molecular complexity index is 1080. The largest absolute Gasteiger partial charge is 0.508 e. The van der Waals surface area contributed by atoms with E-state index in [1.54, 1.807) is 6.92 Å². The Hall–Kier alpha value is -3.02. The fourth-order valence-corrected chi connectivity index (χ4v) is 3.85. The van der Waals surface area contributed by atoms with Gasteiger partial charge in [0.2, 0.25) is 12.1 Å². The third-order valence-electron chi connectivity index (χ3n) is 5.38. The fraction of sp³-hybridized carbons (Fsp3) is 0.333. The maximum Gasteiger partial charge on any atom is 0.229 e. The van der Waals surface area contributed by atoms with Gasteiger partial charge >= 0.3 is 0 Å². The molecule has 0 bridgehead atoms. The Morgan fingerprint density at radius 2 is 1.58 bits per heavy atom. The Labute approximate surface area is 175 Å². The van der Waals surface area contributed by atoms with Crippen molar-refractivity contribution in [2.24, 2.45) is 0 Å². The average Bonchev–Trinajstić information content (AvgIpc) is 2.71. The minimum Gasteiger partial charge on any atom is -0.508 e. The molecular weight excluding hydrogens is 412 g/mol. The lowest BCUT2D eigenvalue weighted by Gasteiger charge is -2.39. The number of benzene rings is 2. The molecule has 2 aromatic rings. The van der Waals surface area contributed by atoms with E-state index in [1.165, 1.54) is 12.1 Å². The third kappa shape index (κ3) is 3.34. The van der Waals surface area contributed by atoms with Gasteiger partial charge in [-0.3, -0.25) is 9.59 Å². The molecule has 1 saturated heterocycles. The molecule has 4 rings (SSSR count). The van der Waals surface area contributed by atoms with Crippen LogP contribution in [0.25, 0.3) is 0 Å². The molecule has 1 fully saturated rings. The van der Waals surface area contributed by atoms with Gasteiger partial charge in [0, 0.05) is 17.2 Å². The van der Waals surface area contributed by atoms with E-state index in [2.05, 4.69) is 0 Å². The van der Waals surface area contributed by atoms with Crippen LogP contribution >= 0.6 is 0 Å². The molecule has 10 nitrogen and oxygen atoms in total. The van der Waals surface area contributed by atoms with Gasteiger partial charge in [0.15, 0.2) is 5.78 Å². The smallest absolute Gasteiger partial charge is 0.229 e. The standard InChI is InChI=1S/C21H20O10/c1-7-2-9-14(11(24)3-7)18(27)15-10(16(9)25)4-8(23)5-12(15)30-21-20(29)19(28)17(26)13(6-22)31-21/h2-5,13,17,19-24,26,28-29H,6H2,1H3/t13-,17-,19+,20-,21-/m1/s1. The second-order valence-electron chi connectivity index (χ2n) is 7.55. The number of hydrogen-bond donors (Lipinski definition) is 6. The predicted molar refractivity (Wildman–Crippen MR) is 102 cm³/mol. The number of ketones is 2. The summed E-state index contributed by atoms with van der Waals surface area (Å²) >= 11 is 0. The summed E-state index contributed by atoms with van der Waals surface area (Å²) < 4.78 is 10.8.